The molecule has 3 rings (SSSR count). The van der Waals surface area contributed by atoms with Gasteiger partial charge in [0.15, 0.2) is 0 Å². The second kappa shape index (κ2) is 7.35. The van der Waals surface area contributed by atoms with E-state index in [0.29, 0.717) is 23.2 Å². The van der Waals surface area contributed by atoms with E-state index in [0.717, 1.165) is 5.69 Å². The van der Waals surface area contributed by atoms with Gasteiger partial charge in [0.2, 0.25) is 0 Å². The van der Waals surface area contributed by atoms with E-state index in [9.17, 15) is 4.79 Å². The van der Waals surface area contributed by atoms with E-state index < -0.39 is 0 Å². The predicted octanol–water partition coefficient (Wildman–Crippen LogP) is 2.40. The molecule has 0 bridgehead atoms. The lowest BCUT2D eigenvalue weighted by atomic mass is 10.0. The number of carbonyl (C=O) groups is 1. The average Bonchev–Trinajstić information content (AvgIpc) is 2.67. The number of aromatic nitrogens is 2. The van der Waals surface area contributed by atoms with Crippen LogP contribution in [0.15, 0.2) is 67.0 Å². The van der Waals surface area contributed by atoms with Crippen molar-refractivity contribution in [1.82, 2.24) is 15.3 Å². The lowest BCUT2D eigenvalue weighted by molar-refractivity contribution is 0.0950. The van der Waals surface area contributed by atoms with Crippen LogP contribution in [0.3, 0.4) is 0 Å². The highest BCUT2D eigenvalue weighted by atomic mass is 16.1. The van der Waals surface area contributed by atoms with Gasteiger partial charge in [0.25, 0.3) is 5.91 Å². The Balaban J connectivity index is 1.79. The minimum Gasteiger partial charge on any atom is -0.383 e. The van der Waals surface area contributed by atoms with Crippen LogP contribution in [0.5, 0.6) is 0 Å². The van der Waals surface area contributed by atoms with Gasteiger partial charge in [-0.3, -0.25) is 15.2 Å². The van der Waals surface area contributed by atoms with Crippen LogP contribution in [0.25, 0.3) is 0 Å². The zero-order chi connectivity index (χ0) is 17.6. The van der Waals surface area contributed by atoms with Crippen molar-refractivity contribution in [3.63, 3.8) is 0 Å². The van der Waals surface area contributed by atoms with Crippen LogP contribution in [0, 0.1) is 5.41 Å². The summed E-state index contributed by atoms with van der Waals surface area (Å²) in [4.78, 5) is 20.6. The molecule has 3 aromatic rings. The molecule has 0 saturated heterocycles. The van der Waals surface area contributed by atoms with Crippen molar-refractivity contribution in [3.05, 3.63) is 89.4 Å². The summed E-state index contributed by atoms with van der Waals surface area (Å²) in [7, 11) is 0. The van der Waals surface area contributed by atoms with Crippen LogP contribution in [0.4, 0.5) is 5.82 Å². The van der Waals surface area contributed by atoms with Gasteiger partial charge in [-0.05, 0) is 18.2 Å². The summed E-state index contributed by atoms with van der Waals surface area (Å²) >= 11 is 0. The molecule has 6 nitrogen and oxygen atoms in total. The van der Waals surface area contributed by atoms with E-state index in [1.165, 1.54) is 6.20 Å². The highest BCUT2D eigenvalue weighted by Gasteiger charge is 2.14. The van der Waals surface area contributed by atoms with Crippen molar-refractivity contribution in [2.45, 2.75) is 6.54 Å². The quantitative estimate of drug-likeness (QED) is 0.624. The summed E-state index contributed by atoms with van der Waals surface area (Å²) in [5, 5.41) is 11.1. The van der Waals surface area contributed by atoms with Crippen molar-refractivity contribution in [2.75, 3.05) is 5.73 Å². The Kier molecular flexibility index (Phi) is 4.80. The molecule has 0 atom stereocenters. The number of pyridine rings is 2. The molecule has 25 heavy (non-hydrogen) atoms. The first-order valence-corrected chi connectivity index (χ1v) is 7.73. The molecule has 0 spiro atoms. The number of carbonyl (C=O) groups excluding carboxylic acids is 1. The third-order valence-corrected chi connectivity index (χ3v) is 3.67. The summed E-state index contributed by atoms with van der Waals surface area (Å²) in [6.07, 6.45) is 3.08. The first kappa shape index (κ1) is 16.3. The van der Waals surface area contributed by atoms with Gasteiger partial charge in [0.05, 0.1) is 23.5 Å². The zero-order valence-corrected chi connectivity index (χ0v) is 13.4. The maximum Gasteiger partial charge on any atom is 0.253 e. The SMILES string of the molecule is N=C(c1ccccc1)c1cc(C(=O)NCc2ccccn2)cnc1N. The third-order valence-electron chi connectivity index (χ3n) is 3.67. The predicted molar refractivity (Wildman–Crippen MR) is 96.4 cm³/mol. The molecule has 2 aromatic heterocycles. The van der Waals surface area contributed by atoms with Gasteiger partial charge in [-0.2, -0.15) is 0 Å². The van der Waals surface area contributed by atoms with Crippen molar-refractivity contribution in [3.8, 4) is 0 Å². The second-order valence-corrected chi connectivity index (χ2v) is 5.40. The number of benzene rings is 1. The fourth-order valence-corrected chi connectivity index (χ4v) is 2.34. The van der Waals surface area contributed by atoms with Gasteiger partial charge in [0.1, 0.15) is 5.82 Å². The maximum absolute atomic E-state index is 12.4. The van der Waals surface area contributed by atoms with Crippen LogP contribution < -0.4 is 11.1 Å². The van der Waals surface area contributed by atoms with E-state index in [-0.39, 0.29) is 17.4 Å². The molecule has 4 N–H and O–H groups in total. The number of anilines is 1. The van der Waals surface area contributed by atoms with Gasteiger partial charge in [-0.15, -0.1) is 0 Å². The van der Waals surface area contributed by atoms with Crippen molar-refractivity contribution in [2.24, 2.45) is 0 Å². The number of rotatable bonds is 5. The zero-order valence-electron chi connectivity index (χ0n) is 13.4. The number of amides is 1. The Bertz CT molecular complexity index is 894. The summed E-state index contributed by atoms with van der Waals surface area (Å²) in [5.74, 6) is -0.0737. The van der Waals surface area contributed by atoms with Crippen molar-refractivity contribution < 1.29 is 4.79 Å². The molecule has 124 valence electrons. The highest BCUT2D eigenvalue weighted by molar-refractivity contribution is 6.14. The number of hydrogen-bond donors (Lipinski definition) is 3. The fraction of sp³-hybridized carbons (Fsp3) is 0.0526. The molecule has 0 aliphatic heterocycles. The van der Waals surface area contributed by atoms with Crippen LogP contribution in [0.2, 0.25) is 0 Å². The molecule has 1 aromatic carbocycles. The standard InChI is InChI=1S/C19H17N5O/c20-17(13-6-2-1-3-7-13)16-10-14(11-23-18(16)21)19(25)24-12-15-8-4-5-9-22-15/h1-11,20H,12H2,(H2,21,23)(H,24,25). The maximum atomic E-state index is 12.4. The summed E-state index contributed by atoms with van der Waals surface area (Å²) in [5.41, 5.74) is 8.37. The summed E-state index contributed by atoms with van der Waals surface area (Å²) < 4.78 is 0. The fourth-order valence-electron chi connectivity index (χ4n) is 2.34. The average molecular weight is 331 g/mol. The Morgan fingerprint density at radius 2 is 1.80 bits per heavy atom. The van der Waals surface area contributed by atoms with Crippen LogP contribution >= 0.6 is 0 Å². The lowest BCUT2D eigenvalue weighted by Crippen LogP contribution is -2.24. The van der Waals surface area contributed by atoms with E-state index in [4.69, 9.17) is 11.1 Å². The van der Waals surface area contributed by atoms with Gasteiger partial charge < -0.3 is 11.1 Å². The van der Waals surface area contributed by atoms with Crippen LogP contribution in [-0.2, 0) is 6.54 Å². The highest BCUT2D eigenvalue weighted by Crippen LogP contribution is 2.16. The molecule has 0 unspecified atom stereocenters. The molecule has 0 aliphatic carbocycles. The van der Waals surface area contributed by atoms with Crippen LogP contribution in [-0.4, -0.2) is 21.6 Å². The molecular formula is C19H17N5O. The smallest absolute Gasteiger partial charge is 0.253 e. The number of nitrogens with two attached hydrogens (primary N) is 1. The summed E-state index contributed by atoms with van der Waals surface area (Å²) in [6, 6.07) is 16.3. The normalized spacial score (nSPS) is 10.2. The van der Waals surface area contributed by atoms with Crippen molar-refractivity contribution in [1.29, 1.82) is 5.41 Å². The van der Waals surface area contributed by atoms with E-state index >= 15 is 0 Å². The van der Waals surface area contributed by atoms with Gasteiger partial charge in [0, 0.05) is 23.5 Å². The van der Waals surface area contributed by atoms with Gasteiger partial charge in [-0.25, -0.2) is 4.98 Å². The van der Waals surface area contributed by atoms with E-state index in [1.54, 1.807) is 12.3 Å². The molecule has 0 fully saturated rings. The number of hydrogen-bond acceptors (Lipinski definition) is 5. The van der Waals surface area contributed by atoms with Gasteiger partial charge in [-0.1, -0.05) is 36.4 Å². The topological polar surface area (TPSA) is 105 Å². The molecule has 1 amide bonds. The van der Waals surface area contributed by atoms with Crippen LogP contribution in [0.1, 0.15) is 27.2 Å². The number of nitrogens with zero attached hydrogens (tertiary/aromatic N) is 2. The Morgan fingerprint density at radius 1 is 1.04 bits per heavy atom. The molecular weight excluding hydrogens is 314 g/mol. The first-order valence-electron chi connectivity index (χ1n) is 7.73. The number of nitrogens with one attached hydrogen (secondary N) is 2. The summed E-state index contributed by atoms with van der Waals surface area (Å²) in [6.45, 7) is 0.315. The monoisotopic (exact) mass is 331 g/mol. The lowest BCUT2D eigenvalue weighted by Gasteiger charge is -2.10. The number of nitrogen functional groups attached to an aromatic ring is 1. The Morgan fingerprint density at radius 3 is 2.52 bits per heavy atom. The molecule has 0 radical (unpaired) electrons. The molecule has 2 heterocycles. The minimum atomic E-state index is -0.291. The first-order chi connectivity index (χ1) is 12.1. The van der Waals surface area contributed by atoms with E-state index in [2.05, 4.69) is 15.3 Å². The van der Waals surface area contributed by atoms with E-state index in [1.807, 2.05) is 48.5 Å². The minimum absolute atomic E-state index is 0.218. The Labute approximate surface area is 145 Å². The molecule has 6 heteroatoms. The molecule has 0 saturated carbocycles. The third kappa shape index (κ3) is 3.87. The second-order valence-electron chi connectivity index (χ2n) is 5.40. The van der Waals surface area contributed by atoms with Gasteiger partial charge >= 0.3 is 0 Å². The molecule has 0 aliphatic rings. The largest absolute Gasteiger partial charge is 0.383 e. The Hall–Kier alpha value is -3.54. The van der Waals surface area contributed by atoms with Crippen molar-refractivity contribution >= 4 is 17.4 Å².